The Hall–Kier alpha value is -2.37. The van der Waals surface area contributed by atoms with E-state index in [0.29, 0.717) is 19.4 Å². The Labute approximate surface area is 159 Å². The van der Waals surface area contributed by atoms with Crippen molar-refractivity contribution < 1.29 is 19.5 Å². The van der Waals surface area contributed by atoms with Gasteiger partial charge in [0.1, 0.15) is 6.04 Å². The van der Waals surface area contributed by atoms with Crippen molar-refractivity contribution in [3.8, 4) is 0 Å². The zero-order valence-corrected chi connectivity index (χ0v) is 15.6. The average Bonchev–Trinajstić information content (AvgIpc) is 3.50. The van der Waals surface area contributed by atoms with Gasteiger partial charge in [0, 0.05) is 18.9 Å². The zero-order chi connectivity index (χ0) is 19.2. The summed E-state index contributed by atoms with van der Waals surface area (Å²) in [6.45, 7) is 0.455. The third-order valence-electron chi connectivity index (χ3n) is 5.48. The monoisotopic (exact) mass is 372 g/mol. The second kappa shape index (κ2) is 9.02. The molecular formula is C21H28N2O4. The van der Waals surface area contributed by atoms with Crippen molar-refractivity contribution in [2.75, 3.05) is 6.54 Å². The van der Waals surface area contributed by atoms with E-state index in [1.807, 2.05) is 12.1 Å². The lowest BCUT2D eigenvalue weighted by Gasteiger charge is -2.28. The Morgan fingerprint density at radius 1 is 1.15 bits per heavy atom. The highest BCUT2D eigenvalue weighted by Crippen LogP contribution is 2.34. The molecule has 2 atom stereocenters. The Morgan fingerprint density at radius 2 is 1.93 bits per heavy atom. The molecular weight excluding hydrogens is 344 g/mol. The molecule has 2 amide bonds. The van der Waals surface area contributed by atoms with Gasteiger partial charge in [-0.15, -0.1) is 0 Å². The number of carboxylic acids is 1. The van der Waals surface area contributed by atoms with E-state index in [1.54, 1.807) is 0 Å². The lowest BCUT2D eigenvalue weighted by molar-refractivity contribution is -0.142. The van der Waals surface area contributed by atoms with Crippen molar-refractivity contribution in [3.05, 3.63) is 35.4 Å². The molecule has 2 unspecified atom stereocenters. The number of carboxylic acid groups (broad SMARTS) is 1. The van der Waals surface area contributed by atoms with Crippen LogP contribution in [0.15, 0.2) is 24.3 Å². The fraction of sp³-hybridized carbons (Fsp3) is 0.571. The highest BCUT2D eigenvalue weighted by atomic mass is 16.4. The van der Waals surface area contributed by atoms with Crippen LogP contribution in [0.3, 0.4) is 0 Å². The van der Waals surface area contributed by atoms with Crippen molar-refractivity contribution >= 4 is 17.8 Å². The second-order valence-electron chi connectivity index (χ2n) is 7.65. The number of carbonyl (C=O) groups excluding carboxylic acids is 2. The number of hydrogen-bond donors (Lipinski definition) is 3. The molecule has 0 spiro atoms. The number of nitrogens with one attached hydrogen (secondary N) is 2. The fourth-order valence-corrected chi connectivity index (χ4v) is 3.82. The summed E-state index contributed by atoms with van der Waals surface area (Å²) in [5.74, 6) is -0.877. The summed E-state index contributed by atoms with van der Waals surface area (Å²) in [4.78, 5) is 35.3. The van der Waals surface area contributed by atoms with Gasteiger partial charge in [0.15, 0.2) is 0 Å². The summed E-state index contributed by atoms with van der Waals surface area (Å²) in [5, 5.41) is 15.0. The smallest absolute Gasteiger partial charge is 0.326 e. The molecule has 0 bridgehead atoms. The van der Waals surface area contributed by atoms with Gasteiger partial charge in [-0.3, -0.25) is 9.59 Å². The van der Waals surface area contributed by atoms with Crippen LogP contribution < -0.4 is 10.6 Å². The zero-order valence-electron chi connectivity index (χ0n) is 15.6. The fourth-order valence-electron chi connectivity index (χ4n) is 3.82. The third-order valence-corrected chi connectivity index (χ3v) is 5.48. The molecule has 6 heteroatoms. The van der Waals surface area contributed by atoms with Crippen LogP contribution in [0.25, 0.3) is 0 Å². The van der Waals surface area contributed by atoms with Gasteiger partial charge >= 0.3 is 5.97 Å². The molecule has 2 aliphatic rings. The summed E-state index contributed by atoms with van der Waals surface area (Å²) < 4.78 is 0. The second-order valence-corrected chi connectivity index (χ2v) is 7.65. The average molecular weight is 372 g/mol. The summed E-state index contributed by atoms with van der Waals surface area (Å²) in [5.41, 5.74) is 2.50. The Bertz CT molecular complexity index is 699. The number of aryl methyl sites for hydroxylation is 1. The number of fused-ring (bicyclic) bond motifs is 1. The minimum atomic E-state index is -0.992. The van der Waals surface area contributed by atoms with Crippen LogP contribution in [0, 0.1) is 5.92 Å². The summed E-state index contributed by atoms with van der Waals surface area (Å²) in [6, 6.07) is 7.30. The summed E-state index contributed by atoms with van der Waals surface area (Å²) in [7, 11) is 0. The predicted molar refractivity (Wildman–Crippen MR) is 101 cm³/mol. The van der Waals surface area contributed by atoms with E-state index in [0.717, 1.165) is 32.1 Å². The topological polar surface area (TPSA) is 95.5 Å². The SMILES string of the molecule is O=C(CCCNC(=O)C1CC1)NC(CC1CCCc2ccccc21)C(=O)O. The molecule has 0 aliphatic heterocycles. The maximum absolute atomic E-state index is 12.1. The van der Waals surface area contributed by atoms with Gasteiger partial charge < -0.3 is 15.7 Å². The van der Waals surface area contributed by atoms with Crippen molar-refractivity contribution in [1.82, 2.24) is 10.6 Å². The van der Waals surface area contributed by atoms with E-state index < -0.39 is 12.0 Å². The summed E-state index contributed by atoms with van der Waals surface area (Å²) in [6.07, 6.45) is 6.08. The molecule has 3 N–H and O–H groups in total. The first-order chi connectivity index (χ1) is 13.0. The first-order valence-corrected chi connectivity index (χ1v) is 9.92. The molecule has 1 aromatic rings. The molecule has 3 rings (SSSR count). The Kier molecular flexibility index (Phi) is 6.48. The van der Waals surface area contributed by atoms with E-state index in [2.05, 4.69) is 22.8 Å². The first kappa shape index (κ1) is 19.4. The van der Waals surface area contributed by atoms with Gasteiger partial charge in [-0.05, 0) is 62.0 Å². The third kappa shape index (κ3) is 5.55. The van der Waals surface area contributed by atoms with Crippen LogP contribution >= 0.6 is 0 Å². The normalized spacial score (nSPS) is 19.6. The molecule has 1 saturated carbocycles. The molecule has 27 heavy (non-hydrogen) atoms. The Balaban J connectivity index is 1.47. The number of benzene rings is 1. The summed E-state index contributed by atoms with van der Waals surface area (Å²) >= 11 is 0. The van der Waals surface area contributed by atoms with Gasteiger partial charge in [-0.1, -0.05) is 24.3 Å². The van der Waals surface area contributed by atoms with Gasteiger partial charge in [0.05, 0.1) is 0 Å². The first-order valence-electron chi connectivity index (χ1n) is 9.92. The highest BCUT2D eigenvalue weighted by molar-refractivity contribution is 5.83. The molecule has 6 nitrogen and oxygen atoms in total. The Morgan fingerprint density at radius 3 is 2.67 bits per heavy atom. The van der Waals surface area contributed by atoms with Gasteiger partial charge in [-0.2, -0.15) is 0 Å². The molecule has 1 aromatic carbocycles. The largest absolute Gasteiger partial charge is 0.480 e. The van der Waals surface area contributed by atoms with E-state index in [-0.39, 0.29) is 30.1 Å². The molecule has 146 valence electrons. The standard InChI is InChI=1S/C21H28N2O4/c24-19(9-4-12-22-20(25)15-10-11-15)23-18(21(26)27)13-16-7-3-6-14-5-1-2-8-17(14)16/h1-2,5,8,15-16,18H,3-4,6-7,9-13H2,(H,22,25)(H,23,24)(H,26,27). The van der Waals surface area contributed by atoms with E-state index in [1.165, 1.54) is 11.1 Å². The lowest BCUT2D eigenvalue weighted by Crippen LogP contribution is -2.42. The van der Waals surface area contributed by atoms with Crippen molar-refractivity contribution in [2.24, 2.45) is 5.92 Å². The maximum atomic E-state index is 12.1. The minimum absolute atomic E-state index is 0.0646. The van der Waals surface area contributed by atoms with Crippen molar-refractivity contribution in [2.45, 2.75) is 63.3 Å². The van der Waals surface area contributed by atoms with E-state index >= 15 is 0 Å². The minimum Gasteiger partial charge on any atom is -0.480 e. The van der Waals surface area contributed by atoms with Crippen LogP contribution in [0.1, 0.15) is 62.0 Å². The molecule has 0 saturated heterocycles. The van der Waals surface area contributed by atoms with Crippen LogP contribution in [0.5, 0.6) is 0 Å². The molecule has 0 heterocycles. The molecule has 0 radical (unpaired) electrons. The number of hydrogen-bond acceptors (Lipinski definition) is 3. The predicted octanol–water partition coefficient (Wildman–Crippen LogP) is 2.37. The van der Waals surface area contributed by atoms with Crippen LogP contribution in [0.2, 0.25) is 0 Å². The van der Waals surface area contributed by atoms with Gasteiger partial charge in [0.2, 0.25) is 11.8 Å². The van der Waals surface area contributed by atoms with Crippen molar-refractivity contribution in [1.29, 1.82) is 0 Å². The molecule has 0 aromatic heterocycles. The van der Waals surface area contributed by atoms with Crippen LogP contribution in [-0.4, -0.2) is 35.5 Å². The number of carbonyl (C=O) groups is 3. The maximum Gasteiger partial charge on any atom is 0.326 e. The van der Waals surface area contributed by atoms with E-state index in [4.69, 9.17) is 0 Å². The number of rotatable bonds is 9. The van der Waals surface area contributed by atoms with E-state index in [9.17, 15) is 19.5 Å². The molecule has 2 aliphatic carbocycles. The number of aliphatic carboxylic acids is 1. The number of amides is 2. The highest BCUT2D eigenvalue weighted by Gasteiger charge is 2.29. The van der Waals surface area contributed by atoms with Gasteiger partial charge in [0.25, 0.3) is 0 Å². The molecule has 1 fully saturated rings. The quantitative estimate of drug-likeness (QED) is 0.580. The van der Waals surface area contributed by atoms with Crippen LogP contribution in [0.4, 0.5) is 0 Å². The van der Waals surface area contributed by atoms with Crippen molar-refractivity contribution in [3.63, 3.8) is 0 Å². The lowest BCUT2D eigenvalue weighted by atomic mass is 9.79. The van der Waals surface area contributed by atoms with Crippen LogP contribution in [-0.2, 0) is 20.8 Å². The van der Waals surface area contributed by atoms with Gasteiger partial charge in [-0.25, -0.2) is 4.79 Å².